The Morgan fingerprint density at radius 3 is 2.97 bits per heavy atom. The second-order valence-electron chi connectivity index (χ2n) is 6.52. The molecule has 7 nitrogen and oxygen atoms in total. The third kappa shape index (κ3) is 3.73. The number of nitrogens with one attached hydrogen (secondary N) is 2. The lowest BCUT2D eigenvalue weighted by Gasteiger charge is -2.06. The number of carbonyl (C=O) groups excluding carboxylic acids is 1. The molecule has 2 heterocycles. The Morgan fingerprint density at radius 2 is 2.10 bits per heavy atom. The Morgan fingerprint density at radius 1 is 1.28 bits per heavy atom. The largest absolute Gasteiger partial charge is 0.454 e. The number of benzene rings is 2. The third-order valence-electron chi connectivity index (χ3n) is 4.74. The zero-order chi connectivity index (χ0) is 20.2. The van der Waals surface area contributed by atoms with Crippen molar-refractivity contribution in [2.24, 2.45) is 5.10 Å². The summed E-state index contributed by atoms with van der Waals surface area (Å²) >= 11 is 0. The summed E-state index contributed by atoms with van der Waals surface area (Å²) in [7, 11) is 0. The number of hydrazone groups is 1. The van der Waals surface area contributed by atoms with Gasteiger partial charge in [-0.3, -0.25) is 4.79 Å². The molecule has 0 fully saturated rings. The molecule has 0 unspecified atom stereocenters. The fourth-order valence-corrected chi connectivity index (χ4v) is 3.31. The van der Waals surface area contributed by atoms with E-state index in [2.05, 4.69) is 26.3 Å². The van der Waals surface area contributed by atoms with Crippen LogP contribution in [0.5, 0.6) is 11.5 Å². The number of nitrogens with zero attached hydrogens (tertiary/aromatic N) is 2. The molecule has 3 aromatic rings. The zero-order valence-electron chi connectivity index (χ0n) is 15.9. The van der Waals surface area contributed by atoms with Crippen molar-refractivity contribution < 1.29 is 14.3 Å². The van der Waals surface area contributed by atoms with Crippen LogP contribution in [0.4, 0.5) is 5.69 Å². The maximum absolute atomic E-state index is 12.1. The Bertz CT molecular complexity index is 1140. The Kier molecular flexibility index (Phi) is 5.08. The Hall–Kier alpha value is -3.92. The van der Waals surface area contributed by atoms with Crippen LogP contribution in [0.15, 0.2) is 47.6 Å². The van der Waals surface area contributed by atoms with E-state index in [1.807, 2.05) is 37.3 Å². The number of carbonyl (C=O) groups is 1. The van der Waals surface area contributed by atoms with E-state index in [1.54, 1.807) is 18.3 Å². The maximum atomic E-state index is 12.1. The molecule has 1 aliphatic rings. The van der Waals surface area contributed by atoms with Crippen LogP contribution in [0.1, 0.15) is 11.3 Å². The number of anilines is 1. The van der Waals surface area contributed by atoms with Gasteiger partial charge in [-0.15, -0.1) is 6.42 Å². The van der Waals surface area contributed by atoms with Crippen LogP contribution in [-0.2, 0) is 11.3 Å². The van der Waals surface area contributed by atoms with E-state index in [1.165, 1.54) is 0 Å². The number of ether oxygens (including phenoxy) is 2. The maximum Gasteiger partial charge on any atom is 0.259 e. The topological polar surface area (TPSA) is 76.9 Å². The summed E-state index contributed by atoms with van der Waals surface area (Å²) in [5, 5.41) is 8.20. The molecule has 0 aliphatic carbocycles. The lowest BCUT2D eigenvalue weighted by Crippen LogP contribution is -2.25. The van der Waals surface area contributed by atoms with Gasteiger partial charge in [-0.1, -0.05) is 24.1 Å². The van der Waals surface area contributed by atoms with Gasteiger partial charge in [0.2, 0.25) is 6.79 Å². The van der Waals surface area contributed by atoms with Crippen molar-refractivity contribution in [1.82, 2.24) is 9.99 Å². The molecule has 2 N–H and O–H groups in total. The van der Waals surface area contributed by atoms with Gasteiger partial charge in [0, 0.05) is 33.9 Å². The van der Waals surface area contributed by atoms with E-state index in [9.17, 15) is 4.79 Å². The van der Waals surface area contributed by atoms with E-state index in [-0.39, 0.29) is 19.2 Å². The van der Waals surface area contributed by atoms with Crippen LogP contribution in [0.25, 0.3) is 10.9 Å². The summed E-state index contributed by atoms with van der Waals surface area (Å²) in [6.07, 6.45) is 7.15. The van der Waals surface area contributed by atoms with Crippen LogP contribution in [0.3, 0.4) is 0 Å². The fraction of sp³-hybridized carbons (Fsp3) is 0.182. The highest BCUT2D eigenvalue weighted by Gasteiger charge is 2.14. The van der Waals surface area contributed by atoms with E-state index in [0.717, 1.165) is 27.8 Å². The molecule has 1 amide bonds. The molecule has 0 atom stereocenters. The van der Waals surface area contributed by atoms with Gasteiger partial charge < -0.3 is 19.4 Å². The first-order valence-corrected chi connectivity index (χ1v) is 9.14. The quantitative estimate of drug-likeness (QED) is 0.387. The number of para-hydroxylation sites is 1. The molecule has 4 rings (SSSR count). The van der Waals surface area contributed by atoms with Crippen molar-refractivity contribution in [3.8, 4) is 23.8 Å². The van der Waals surface area contributed by atoms with Crippen LogP contribution < -0.4 is 20.2 Å². The van der Waals surface area contributed by atoms with Gasteiger partial charge in [0.25, 0.3) is 5.91 Å². The minimum absolute atomic E-state index is 0.0782. The average Bonchev–Trinajstić information content (AvgIpc) is 3.30. The molecule has 7 heteroatoms. The summed E-state index contributed by atoms with van der Waals surface area (Å²) in [6.45, 7) is 2.76. The van der Waals surface area contributed by atoms with E-state index < -0.39 is 0 Å². The fourth-order valence-electron chi connectivity index (χ4n) is 3.31. The highest BCUT2D eigenvalue weighted by atomic mass is 16.7. The van der Waals surface area contributed by atoms with Crippen molar-refractivity contribution in [1.29, 1.82) is 0 Å². The van der Waals surface area contributed by atoms with Crippen LogP contribution >= 0.6 is 0 Å². The predicted octanol–water partition coefficient (Wildman–Crippen LogP) is 2.87. The summed E-state index contributed by atoms with van der Waals surface area (Å²) in [5.41, 5.74) is 6.29. The number of rotatable bonds is 6. The van der Waals surface area contributed by atoms with Gasteiger partial charge in [-0.2, -0.15) is 5.10 Å². The summed E-state index contributed by atoms with van der Waals surface area (Å²) in [4.78, 5) is 12.1. The first-order chi connectivity index (χ1) is 14.2. The summed E-state index contributed by atoms with van der Waals surface area (Å²) in [6, 6.07) is 13.4. The smallest absolute Gasteiger partial charge is 0.259 e. The van der Waals surface area contributed by atoms with Gasteiger partial charge in [0.1, 0.15) is 0 Å². The predicted molar refractivity (Wildman–Crippen MR) is 112 cm³/mol. The second-order valence-corrected chi connectivity index (χ2v) is 6.52. The lowest BCUT2D eigenvalue weighted by atomic mass is 10.1. The normalized spacial score (nSPS) is 12.3. The minimum atomic E-state index is -0.260. The molecule has 1 aliphatic heterocycles. The first-order valence-electron chi connectivity index (χ1n) is 9.14. The second kappa shape index (κ2) is 7.98. The average molecular weight is 388 g/mol. The molecular formula is C22H20N4O3. The lowest BCUT2D eigenvalue weighted by molar-refractivity contribution is -0.119. The molecule has 0 saturated heterocycles. The third-order valence-corrected chi connectivity index (χ3v) is 4.74. The number of amides is 1. The van der Waals surface area contributed by atoms with Gasteiger partial charge in [-0.05, 0) is 25.1 Å². The summed E-state index contributed by atoms with van der Waals surface area (Å²) < 4.78 is 12.7. The van der Waals surface area contributed by atoms with Gasteiger partial charge in [-0.25, -0.2) is 5.43 Å². The number of aromatic nitrogens is 1. The first kappa shape index (κ1) is 18.4. The van der Waals surface area contributed by atoms with Crippen molar-refractivity contribution in [3.05, 3.63) is 53.7 Å². The number of fused-ring (bicyclic) bond motifs is 2. The molecule has 29 heavy (non-hydrogen) atoms. The highest BCUT2D eigenvalue weighted by Crippen LogP contribution is 2.34. The van der Waals surface area contributed by atoms with Crippen molar-refractivity contribution in [2.45, 2.75) is 13.5 Å². The molecule has 2 aromatic carbocycles. The zero-order valence-corrected chi connectivity index (χ0v) is 15.9. The number of hydrogen-bond acceptors (Lipinski definition) is 5. The van der Waals surface area contributed by atoms with Crippen LogP contribution in [0.2, 0.25) is 0 Å². The van der Waals surface area contributed by atoms with Crippen molar-refractivity contribution in [2.75, 3.05) is 18.7 Å². The molecule has 0 saturated carbocycles. The molecule has 146 valence electrons. The molecule has 1 aromatic heterocycles. The molecule has 0 spiro atoms. The van der Waals surface area contributed by atoms with Crippen molar-refractivity contribution in [3.63, 3.8) is 0 Å². The van der Waals surface area contributed by atoms with Gasteiger partial charge in [0.05, 0.1) is 19.3 Å². The van der Waals surface area contributed by atoms with Gasteiger partial charge >= 0.3 is 0 Å². The summed E-state index contributed by atoms with van der Waals surface area (Å²) in [5.74, 6) is 3.77. The monoisotopic (exact) mass is 388 g/mol. The molecule has 0 radical (unpaired) electrons. The van der Waals surface area contributed by atoms with E-state index in [0.29, 0.717) is 18.0 Å². The Balaban J connectivity index is 1.41. The molecule has 0 bridgehead atoms. The van der Waals surface area contributed by atoms with E-state index in [4.69, 9.17) is 15.9 Å². The van der Waals surface area contributed by atoms with E-state index >= 15 is 0 Å². The SMILES string of the molecule is C#CCn1c(C)c(/C=N\NC(=O)CNc2ccc3c(c2)OCO3)c2ccccc21. The van der Waals surface area contributed by atoms with Gasteiger partial charge in [0.15, 0.2) is 11.5 Å². The number of hydrogen-bond donors (Lipinski definition) is 2. The molecular weight excluding hydrogens is 368 g/mol. The number of terminal acetylenes is 1. The minimum Gasteiger partial charge on any atom is -0.454 e. The Labute approximate surface area is 168 Å². The highest BCUT2D eigenvalue weighted by molar-refractivity contribution is 6.01. The van der Waals surface area contributed by atoms with Crippen LogP contribution in [0, 0.1) is 19.3 Å². The van der Waals surface area contributed by atoms with Crippen LogP contribution in [-0.4, -0.2) is 30.0 Å². The standard InChI is InChI=1S/C22H20N4O3/c1-3-10-26-15(2)18(17-6-4-5-7-19(17)26)12-24-25-22(27)13-23-16-8-9-20-21(11-16)29-14-28-20/h1,4-9,11-12,23H,10,13-14H2,2H3,(H,25,27)/b24-12-. The van der Waals surface area contributed by atoms with Crippen molar-refractivity contribution >= 4 is 28.7 Å².